The van der Waals surface area contributed by atoms with Gasteiger partial charge in [0, 0.05) is 21.9 Å². The van der Waals surface area contributed by atoms with E-state index < -0.39 is 12.6 Å². The van der Waals surface area contributed by atoms with Gasteiger partial charge in [0.25, 0.3) is 0 Å². The number of hydrogen-bond acceptors (Lipinski definition) is 1. The summed E-state index contributed by atoms with van der Waals surface area (Å²) in [6, 6.07) is 4.77. The minimum Gasteiger partial charge on any atom is -0.319 e. The van der Waals surface area contributed by atoms with Crippen molar-refractivity contribution >= 4 is 27.7 Å². The van der Waals surface area contributed by atoms with E-state index in [1.54, 1.807) is 12.1 Å². The Hall–Kier alpha value is -1.30. The summed E-state index contributed by atoms with van der Waals surface area (Å²) in [5, 5.41) is 0. The van der Waals surface area contributed by atoms with Crippen molar-refractivity contribution in [3.8, 4) is 0 Å². The van der Waals surface area contributed by atoms with Gasteiger partial charge >= 0.3 is 6.18 Å². The molecule has 2 aromatic heterocycles. The highest BCUT2D eigenvalue weighted by atomic mass is 79.9. The molecule has 0 saturated heterocycles. The highest BCUT2D eigenvalue weighted by Crippen LogP contribution is 2.28. The molecule has 0 unspecified atom stereocenters. The van der Waals surface area contributed by atoms with E-state index in [9.17, 15) is 18.0 Å². The molecule has 2 rings (SSSR count). The van der Waals surface area contributed by atoms with Crippen molar-refractivity contribution in [3.05, 3.63) is 40.1 Å². The zero-order valence-electron chi connectivity index (χ0n) is 8.46. The maximum absolute atomic E-state index is 12.4. The van der Waals surface area contributed by atoms with Crippen LogP contribution in [0.3, 0.4) is 0 Å². The molecule has 2 nitrogen and oxygen atoms in total. The number of aromatic nitrogens is 1. The molecule has 0 saturated carbocycles. The van der Waals surface area contributed by atoms with E-state index in [-0.39, 0.29) is 11.3 Å². The molecular weight excluding hydrogens is 299 g/mol. The normalized spacial score (nSPS) is 12.0. The Labute approximate surface area is 103 Å². The number of rotatable bonds is 2. The lowest BCUT2D eigenvalue weighted by Crippen LogP contribution is -2.14. The monoisotopic (exact) mass is 305 g/mol. The van der Waals surface area contributed by atoms with Crippen LogP contribution in [0.1, 0.15) is 16.1 Å². The van der Waals surface area contributed by atoms with Crippen LogP contribution in [0.5, 0.6) is 0 Å². The van der Waals surface area contributed by atoms with E-state index in [2.05, 4.69) is 15.9 Å². The molecule has 0 aliphatic carbocycles. The first-order valence-electron chi connectivity index (χ1n) is 4.73. The Balaban J connectivity index is 2.67. The second-order valence-corrected chi connectivity index (χ2v) is 4.42. The topological polar surface area (TPSA) is 21.5 Å². The third kappa shape index (κ3) is 2.36. The molecule has 0 aromatic carbocycles. The third-order valence-corrected chi connectivity index (χ3v) is 3.06. The number of fused-ring (bicyclic) bond motifs is 1. The summed E-state index contributed by atoms with van der Waals surface area (Å²) in [7, 11) is 0. The van der Waals surface area contributed by atoms with Gasteiger partial charge in [0.05, 0.1) is 11.9 Å². The predicted octanol–water partition coefficient (Wildman–Crippen LogP) is 3.62. The highest BCUT2D eigenvalue weighted by molar-refractivity contribution is 9.10. The van der Waals surface area contributed by atoms with E-state index in [0.29, 0.717) is 16.3 Å². The molecule has 2 heterocycles. The molecule has 17 heavy (non-hydrogen) atoms. The van der Waals surface area contributed by atoms with Crippen molar-refractivity contribution in [2.75, 3.05) is 0 Å². The molecule has 0 bridgehead atoms. The summed E-state index contributed by atoms with van der Waals surface area (Å²) in [5.74, 6) is 0. The average molecular weight is 306 g/mol. The van der Waals surface area contributed by atoms with Crippen molar-refractivity contribution < 1.29 is 18.0 Å². The van der Waals surface area contributed by atoms with Gasteiger partial charge in [-0.2, -0.15) is 13.2 Å². The van der Waals surface area contributed by atoms with E-state index in [0.717, 1.165) is 0 Å². The van der Waals surface area contributed by atoms with Gasteiger partial charge in [-0.15, -0.1) is 0 Å². The minimum atomic E-state index is -4.34. The van der Waals surface area contributed by atoms with Crippen LogP contribution in [0.2, 0.25) is 0 Å². The molecule has 90 valence electrons. The van der Waals surface area contributed by atoms with Gasteiger partial charge in [0.2, 0.25) is 0 Å². The molecule has 2 aromatic rings. The number of nitrogens with zero attached hydrogens (tertiary/aromatic N) is 1. The number of carbonyl (C=O) groups excluding carboxylic acids is 1. The van der Waals surface area contributed by atoms with Crippen LogP contribution < -0.4 is 0 Å². The second-order valence-electron chi connectivity index (χ2n) is 3.57. The number of alkyl halides is 3. The van der Waals surface area contributed by atoms with E-state index in [1.807, 2.05) is 0 Å². The predicted molar refractivity (Wildman–Crippen MR) is 60.2 cm³/mol. The molecular formula is C11H7BrF3NO. The van der Waals surface area contributed by atoms with E-state index in [1.165, 1.54) is 16.7 Å². The first-order chi connectivity index (χ1) is 7.92. The molecule has 0 amide bonds. The Kier molecular flexibility index (Phi) is 2.99. The Morgan fingerprint density at radius 1 is 1.41 bits per heavy atom. The number of carbonyl (C=O) groups is 1. The van der Waals surface area contributed by atoms with Crippen LogP contribution in [0.25, 0.3) is 5.52 Å². The molecule has 0 radical (unpaired) electrons. The van der Waals surface area contributed by atoms with Gasteiger partial charge in [0.15, 0.2) is 6.29 Å². The third-order valence-electron chi connectivity index (χ3n) is 2.39. The smallest absolute Gasteiger partial charge is 0.319 e. The van der Waals surface area contributed by atoms with Gasteiger partial charge in [-0.1, -0.05) is 0 Å². The van der Waals surface area contributed by atoms with Crippen molar-refractivity contribution in [2.24, 2.45) is 0 Å². The number of halogens is 4. The molecule has 0 atom stereocenters. The SMILES string of the molecule is O=Cc1cc2c(Br)cccn2c1CC(F)(F)F. The van der Waals surface area contributed by atoms with Crippen molar-refractivity contribution in [2.45, 2.75) is 12.6 Å². The number of pyridine rings is 1. The van der Waals surface area contributed by atoms with Gasteiger partial charge in [0.1, 0.15) is 0 Å². The lowest BCUT2D eigenvalue weighted by Gasteiger charge is -2.08. The van der Waals surface area contributed by atoms with Gasteiger partial charge in [-0.25, -0.2) is 0 Å². The van der Waals surface area contributed by atoms with Crippen LogP contribution in [-0.2, 0) is 6.42 Å². The Morgan fingerprint density at radius 2 is 2.12 bits per heavy atom. The Bertz CT molecular complexity index is 574. The second kappa shape index (κ2) is 4.18. The summed E-state index contributed by atoms with van der Waals surface area (Å²) in [4.78, 5) is 10.8. The lowest BCUT2D eigenvalue weighted by atomic mass is 10.2. The first kappa shape index (κ1) is 12.2. The maximum atomic E-state index is 12.4. The fraction of sp³-hybridized carbons (Fsp3) is 0.182. The van der Waals surface area contributed by atoms with Crippen molar-refractivity contribution in [1.29, 1.82) is 0 Å². The zero-order valence-corrected chi connectivity index (χ0v) is 10.0. The summed E-state index contributed by atoms with van der Waals surface area (Å²) in [5.41, 5.74) is 0.576. The van der Waals surface area contributed by atoms with Crippen LogP contribution in [0, 0.1) is 0 Å². The largest absolute Gasteiger partial charge is 0.394 e. The zero-order chi connectivity index (χ0) is 12.6. The highest BCUT2D eigenvalue weighted by Gasteiger charge is 2.30. The maximum Gasteiger partial charge on any atom is 0.394 e. The minimum absolute atomic E-state index is 0.0381. The van der Waals surface area contributed by atoms with E-state index in [4.69, 9.17) is 0 Å². The average Bonchev–Trinajstić information content (AvgIpc) is 2.56. The fourth-order valence-electron chi connectivity index (χ4n) is 1.72. The molecule has 0 spiro atoms. The summed E-state index contributed by atoms with van der Waals surface area (Å²) < 4.78 is 39.3. The standard InChI is InChI=1S/C11H7BrF3NO/c12-8-2-1-3-16-9(8)4-7(6-17)10(16)5-11(13,14)15/h1-4,6H,5H2. The van der Waals surface area contributed by atoms with Crippen molar-refractivity contribution in [1.82, 2.24) is 4.40 Å². The summed E-state index contributed by atoms with van der Waals surface area (Å²) in [6.45, 7) is 0. The first-order valence-corrected chi connectivity index (χ1v) is 5.52. The Morgan fingerprint density at radius 3 is 2.71 bits per heavy atom. The quantitative estimate of drug-likeness (QED) is 0.777. The summed E-state index contributed by atoms with van der Waals surface area (Å²) in [6.07, 6.45) is -3.51. The molecule has 0 fully saturated rings. The summed E-state index contributed by atoms with van der Waals surface area (Å²) >= 11 is 3.24. The van der Waals surface area contributed by atoms with Gasteiger partial charge in [-0.3, -0.25) is 4.79 Å². The van der Waals surface area contributed by atoms with Crippen LogP contribution in [-0.4, -0.2) is 16.9 Å². The number of hydrogen-bond donors (Lipinski definition) is 0. The van der Waals surface area contributed by atoms with Gasteiger partial charge < -0.3 is 4.40 Å². The van der Waals surface area contributed by atoms with Crippen LogP contribution in [0.15, 0.2) is 28.9 Å². The fourth-order valence-corrected chi connectivity index (χ4v) is 2.18. The van der Waals surface area contributed by atoms with Crippen molar-refractivity contribution in [3.63, 3.8) is 0 Å². The molecule has 6 heteroatoms. The molecule has 0 aliphatic rings. The lowest BCUT2D eigenvalue weighted by molar-refractivity contribution is -0.127. The van der Waals surface area contributed by atoms with Gasteiger partial charge in [-0.05, 0) is 34.1 Å². The van der Waals surface area contributed by atoms with Crippen LogP contribution >= 0.6 is 15.9 Å². The molecule has 0 aliphatic heterocycles. The van der Waals surface area contributed by atoms with E-state index >= 15 is 0 Å². The number of aldehydes is 1. The molecule has 0 N–H and O–H groups in total. The van der Waals surface area contributed by atoms with Crippen LogP contribution in [0.4, 0.5) is 13.2 Å².